The summed E-state index contributed by atoms with van der Waals surface area (Å²) in [4.78, 5) is 25.7. The fraction of sp³-hybridized carbons (Fsp3) is 0.417. The highest BCUT2D eigenvalue weighted by Gasteiger charge is 2.15. The van der Waals surface area contributed by atoms with Crippen molar-refractivity contribution in [2.75, 3.05) is 18.8 Å². The van der Waals surface area contributed by atoms with Crippen LogP contribution in [0.2, 0.25) is 5.02 Å². The molecule has 2 N–H and O–H groups in total. The lowest BCUT2D eigenvalue weighted by Gasteiger charge is -2.21. The average Bonchev–Trinajstić information content (AvgIpc) is 2.77. The molecule has 160 valence electrons. The van der Waals surface area contributed by atoms with E-state index in [0.29, 0.717) is 35.2 Å². The van der Waals surface area contributed by atoms with Crippen LogP contribution in [0.4, 0.5) is 0 Å². The molecule has 0 radical (unpaired) electrons. The van der Waals surface area contributed by atoms with Crippen molar-refractivity contribution < 1.29 is 9.59 Å². The third-order valence-electron chi connectivity index (χ3n) is 5.39. The summed E-state index contributed by atoms with van der Waals surface area (Å²) >= 11 is 7.42. The Morgan fingerprint density at radius 1 is 1.00 bits per heavy atom. The molecule has 0 aromatic heterocycles. The van der Waals surface area contributed by atoms with E-state index >= 15 is 0 Å². The first-order valence-electron chi connectivity index (χ1n) is 10.6. The summed E-state index contributed by atoms with van der Waals surface area (Å²) in [5, 5.41) is 6.72. The predicted molar refractivity (Wildman–Crippen MR) is 124 cm³/mol. The molecule has 1 aliphatic rings. The Kier molecular flexibility index (Phi) is 9.09. The number of rotatable bonds is 9. The van der Waals surface area contributed by atoms with Gasteiger partial charge in [-0.15, -0.1) is 11.8 Å². The van der Waals surface area contributed by atoms with E-state index in [1.807, 2.05) is 42.5 Å². The van der Waals surface area contributed by atoms with E-state index < -0.39 is 0 Å². The number of thioether (sulfide) groups is 1. The largest absolute Gasteiger partial charge is 0.355 e. The molecular formula is C24H29ClN2O2S. The fourth-order valence-electron chi connectivity index (χ4n) is 3.73. The van der Waals surface area contributed by atoms with Crippen molar-refractivity contribution in [3.8, 4) is 0 Å². The molecule has 1 saturated carbocycles. The molecule has 1 fully saturated rings. The maximum Gasteiger partial charge on any atom is 0.252 e. The molecule has 2 aromatic carbocycles. The molecule has 0 aliphatic heterocycles. The lowest BCUT2D eigenvalue weighted by Crippen LogP contribution is -2.31. The number of carbonyl (C=O) groups is 2. The molecule has 4 nitrogen and oxygen atoms in total. The second kappa shape index (κ2) is 12.0. The number of nitrogens with one attached hydrogen (secondary N) is 2. The van der Waals surface area contributed by atoms with Gasteiger partial charge >= 0.3 is 0 Å². The van der Waals surface area contributed by atoms with Gasteiger partial charge in [-0.2, -0.15) is 0 Å². The predicted octanol–water partition coefficient (Wildman–Crippen LogP) is 5.10. The van der Waals surface area contributed by atoms with Crippen molar-refractivity contribution in [2.45, 2.75) is 43.4 Å². The van der Waals surface area contributed by atoms with Crippen molar-refractivity contribution in [1.82, 2.24) is 10.6 Å². The van der Waals surface area contributed by atoms with Gasteiger partial charge < -0.3 is 10.6 Å². The molecule has 0 heterocycles. The Morgan fingerprint density at radius 3 is 2.60 bits per heavy atom. The van der Waals surface area contributed by atoms with E-state index in [-0.39, 0.29) is 11.8 Å². The summed E-state index contributed by atoms with van der Waals surface area (Å²) in [6, 6.07) is 15.1. The Balaban J connectivity index is 1.45. The minimum atomic E-state index is -0.122. The smallest absolute Gasteiger partial charge is 0.252 e. The van der Waals surface area contributed by atoms with Crippen LogP contribution in [-0.4, -0.2) is 30.7 Å². The van der Waals surface area contributed by atoms with Gasteiger partial charge in [-0.05, 0) is 55.0 Å². The molecule has 0 bridgehead atoms. The summed E-state index contributed by atoms with van der Waals surface area (Å²) in [7, 11) is 0. The molecule has 0 atom stereocenters. The maximum atomic E-state index is 12.6. The molecule has 30 heavy (non-hydrogen) atoms. The molecule has 2 aromatic rings. The van der Waals surface area contributed by atoms with E-state index in [1.54, 1.807) is 6.07 Å². The van der Waals surface area contributed by atoms with E-state index in [9.17, 15) is 9.59 Å². The van der Waals surface area contributed by atoms with Gasteiger partial charge in [0.05, 0.1) is 11.3 Å². The minimum absolute atomic E-state index is 0.0294. The number of halogens is 1. The van der Waals surface area contributed by atoms with E-state index in [1.165, 1.54) is 43.9 Å². The summed E-state index contributed by atoms with van der Waals surface area (Å²) in [6.45, 7) is 1.30. The van der Waals surface area contributed by atoms with Gasteiger partial charge in [0.25, 0.3) is 5.91 Å². The van der Waals surface area contributed by atoms with Crippen LogP contribution in [0.5, 0.6) is 0 Å². The topological polar surface area (TPSA) is 58.2 Å². The van der Waals surface area contributed by atoms with Crippen molar-refractivity contribution in [3.05, 3.63) is 64.7 Å². The summed E-state index contributed by atoms with van der Waals surface area (Å²) in [5.74, 6) is 0.842. The zero-order valence-corrected chi connectivity index (χ0v) is 18.7. The molecule has 0 saturated heterocycles. The number of carbonyl (C=O) groups excluding carboxylic acids is 2. The Bertz CT molecular complexity index is 853. The zero-order chi connectivity index (χ0) is 21.2. The SMILES string of the molecule is O=C(CSc1ccccc1C(=O)NCCc1cccc(Cl)c1)NCC1CCCCC1. The molecule has 0 spiro atoms. The molecular weight excluding hydrogens is 416 g/mol. The minimum Gasteiger partial charge on any atom is -0.355 e. The van der Waals surface area contributed by atoms with Crippen LogP contribution in [0.3, 0.4) is 0 Å². The van der Waals surface area contributed by atoms with Gasteiger partial charge in [-0.25, -0.2) is 0 Å². The number of benzene rings is 2. The zero-order valence-electron chi connectivity index (χ0n) is 17.2. The van der Waals surface area contributed by atoms with E-state index in [0.717, 1.165) is 17.0 Å². The van der Waals surface area contributed by atoms with Gasteiger partial charge in [-0.3, -0.25) is 9.59 Å². The number of amides is 2. The maximum absolute atomic E-state index is 12.6. The van der Waals surface area contributed by atoms with Gasteiger partial charge in [0.1, 0.15) is 0 Å². The molecule has 1 aliphatic carbocycles. The van der Waals surface area contributed by atoms with Gasteiger partial charge in [0, 0.05) is 23.0 Å². The third kappa shape index (κ3) is 7.37. The number of hydrogen-bond donors (Lipinski definition) is 2. The Hall–Kier alpha value is -1.98. The summed E-state index contributed by atoms with van der Waals surface area (Å²) in [5.41, 5.74) is 1.69. The molecule has 2 amide bonds. The number of hydrogen-bond acceptors (Lipinski definition) is 3. The van der Waals surface area contributed by atoms with Crippen LogP contribution in [0, 0.1) is 5.92 Å². The molecule has 0 unspecified atom stereocenters. The quantitative estimate of drug-likeness (QED) is 0.529. The fourth-order valence-corrected chi connectivity index (χ4v) is 4.82. The lowest BCUT2D eigenvalue weighted by atomic mass is 9.89. The van der Waals surface area contributed by atoms with Gasteiger partial charge in [0.2, 0.25) is 5.91 Å². The van der Waals surface area contributed by atoms with Crippen molar-refractivity contribution >= 4 is 35.2 Å². The van der Waals surface area contributed by atoms with Crippen molar-refractivity contribution in [3.63, 3.8) is 0 Å². The highest BCUT2D eigenvalue weighted by Crippen LogP contribution is 2.24. The first-order chi connectivity index (χ1) is 14.6. The first-order valence-corrected chi connectivity index (χ1v) is 12.0. The highest BCUT2D eigenvalue weighted by molar-refractivity contribution is 8.00. The van der Waals surface area contributed by atoms with Crippen molar-refractivity contribution in [1.29, 1.82) is 0 Å². The standard InChI is InChI=1S/C24H29ClN2O2S/c25-20-10-6-9-18(15-20)13-14-26-24(29)21-11-4-5-12-22(21)30-17-23(28)27-16-19-7-2-1-3-8-19/h4-6,9-12,15,19H,1-3,7-8,13-14,16-17H2,(H,26,29)(H,27,28). The van der Waals surface area contributed by atoms with Crippen LogP contribution < -0.4 is 10.6 Å². The average molecular weight is 445 g/mol. The van der Waals surface area contributed by atoms with E-state index in [4.69, 9.17) is 11.6 Å². The Labute approximate surface area is 188 Å². The van der Waals surface area contributed by atoms with Crippen LogP contribution >= 0.6 is 23.4 Å². The van der Waals surface area contributed by atoms with E-state index in [2.05, 4.69) is 10.6 Å². The van der Waals surface area contributed by atoms with Crippen molar-refractivity contribution in [2.24, 2.45) is 5.92 Å². The molecule has 6 heteroatoms. The molecule has 3 rings (SSSR count). The van der Waals surface area contributed by atoms with Gasteiger partial charge in [-0.1, -0.05) is 55.1 Å². The second-order valence-corrected chi connectivity index (χ2v) is 9.18. The van der Waals surface area contributed by atoms with Crippen LogP contribution in [0.25, 0.3) is 0 Å². The van der Waals surface area contributed by atoms with Crippen LogP contribution in [-0.2, 0) is 11.2 Å². The van der Waals surface area contributed by atoms with Gasteiger partial charge in [0.15, 0.2) is 0 Å². The normalized spacial score (nSPS) is 14.3. The lowest BCUT2D eigenvalue weighted by molar-refractivity contribution is -0.118. The highest BCUT2D eigenvalue weighted by atomic mass is 35.5. The summed E-state index contributed by atoms with van der Waals surface area (Å²) < 4.78 is 0. The van der Waals surface area contributed by atoms with Crippen LogP contribution in [0.1, 0.15) is 48.0 Å². The monoisotopic (exact) mass is 444 g/mol. The Morgan fingerprint density at radius 2 is 1.80 bits per heavy atom. The second-order valence-electron chi connectivity index (χ2n) is 7.73. The summed E-state index contributed by atoms with van der Waals surface area (Å²) in [6.07, 6.45) is 7.00. The van der Waals surface area contributed by atoms with Crippen LogP contribution in [0.15, 0.2) is 53.4 Å². The first kappa shape index (κ1) is 22.7. The third-order valence-corrected chi connectivity index (χ3v) is 6.70.